The lowest BCUT2D eigenvalue weighted by Gasteiger charge is -2.18. The Labute approximate surface area is 386 Å². The number of benzene rings is 12. The molecule has 0 heteroatoms. The molecule has 308 valence electrons. The van der Waals surface area contributed by atoms with Gasteiger partial charge in [-0.2, -0.15) is 0 Å². The zero-order valence-corrected chi connectivity index (χ0v) is 36.4. The summed E-state index contributed by atoms with van der Waals surface area (Å²) in [6, 6.07) is 93.0. The van der Waals surface area contributed by atoms with Crippen molar-refractivity contribution in [2.45, 2.75) is 0 Å². The fourth-order valence-corrected chi connectivity index (χ4v) is 10.1. The van der Waals surface area contributed by atoms with Crippen molar-refractivity contribution in [1.82, 2.24) is 0 Å². The molecular weight excluding hydrogens is 793 g/mol. The lowest BCUT2D eigenvalue weighted by Crippen LogP contribution is -1.91. The molecule has 0 amide bonds. The molecular formula is C66H44. The summed E-state index contributed by atoms with van der Waals surface area (Å²) in [5.41, 5.74) is 17.1. The molecule has 0 saturated heterocycles. The van der Waals surface area contributed by atoms with Gasteiger partial charge in [0.1, 0.15) is 0 Å². The zero-order chi connectivity index (χ0) is 43.8. The van der Waals surface area contributed by atoms with Crippen molar-refractivity contribution < 1.29 is 0 Å². The lowest BCUT2D eigenvalue weighted by molar-refractivity contribution is 1.56. The van der Waals surface area contributed by atoms with Gasteiger partial charge in [-0.25, -0.2) is 0 Å². The Morgan fingerprint density at radius 1 is 0.212 bits per heavy atom. The third-order valence-electron chi connectivity index (χ3n) is 13.3. The summed E-state index contributed by atoms with van der Waals surface area (Å²) < 4.78 is 0. The van der Waals surface area contributed by atoms with Gasteiger partial charge in [0.25, 0.3) is 0 Å². The van der Waals surface area contributed by atoms with Gasteiger partial charge in [0.05, 0.1) is 0 Å². The molecule has 0 N–H and O–H groups in total. The van der Waals surface area contributed by atoms with Crippen molar-refractivity contribution >= 4 is 55.2 Å². The van der Waals surface area contributed by atoms with Crippen LogP contribution in [-0.4, -0.2) is 0 Å². The molecule has 0 aliphatic carbocycles. The van der Waals surface area contributed by atoms with E-state index < -0.39 is 0 Å². The monoisotopic (exact) mass is 836 g/mol. The van der Waals surface area contributed by atoms with Gasteiger partial charge in [-0.3, -0.25) is 0 Å². The van der Waals surface area contributed by atoms with E-state index in [4.69, 9.17) is 0 Å². The van der Waals surface area contributed by atoms with Crippen molar-refractivity contribution in [3.05, 3.63) is 266 Å². The molecule has 12 aromatic rings. The first-order valence-corrected chi connectivity index (χ1v) is 22.8. The number of rotatable bonds is 8. The standard InChI is InChI=1S/C66H44/c1-3-16-46(17-4-1)53-42-54(47-18-5-2-6-19-47)44-55(43-53)48-36-38-52(39-37-48)66-63-27-13-11-25-61(63)65(62-26-12-14-28-64(62)66)51-34-31-45(32-35-51)30-33-50-40-41-60(58-24-10-9-23-57(50)58)59-29-15-21-49-20-7-8-22-56(49)59/h1-44H. The average Bonchev–Trinajstić information content (AvgIpc) is 3.40. The fraction of sp³-hybridized carbons (Fsp3) is 0. The minimum absolute atomic E-state index is 1.16. The van der Waals surface area contributed by atoms with Crippen LogP contribution in [0.2, 0.25) is 0 Å². The van der Waals surface area contributed by atoms with Crippen LogP contribution < -0.4 is 0 Å². The van der Waals surface area contributed by atoms with Crippen LogP contribution in [0, 0.1) is 0 Å². The molecule has 0 aromatic heterocycles. The van der Waals surface area contributed by atoms with Crippen LogP contribution in [-0.2, 0) is 0 Å². The molecule has 12 rings (SSSR count). The van der Waals surface area contributed by atoms with E-state index in [2.05, 4.69) is 267 Å². The maximum Gasteiger partial charge on any atom is -0.00264 e. The molecule has 66 heavy (non-hydrogen) atoms. The van der Waals surface area contributed by atoms with Crippen LogP contribution >= 0.6 is 0 Å². The lowest BCUT2D eigenvalue weighted by atomic mass is 9.85. The summed E-state index contributed by atoms with van der Waals surface area (Å²) in [6.07, 6.45) is 4.50. The van der Waals surface area contributed by atoms with Gasteiger partial charge >= 0.3 is 0 Å². The molecule has 0 radical (unpaired) electrons. The molecule has 0 bridgehead atoms. The highest BCUT2D eigenvalue weighted by atomic mass is 14.2. The van der Waals surface area contributed by atoms with Crippen LogP contribution in [0.1, 0.15) is 11.1 Å². The van der Waals surface area contributed by atoms with Crippen molar-refractivity contribution in [3.8, 4) is 66.8 Å². The Bertz CT molecular complexity index is 3640. The first-order chi connectivity index (χ1) is 32.7. The second kappa shape index (κ2) is 16.8. The highest BCUT2D eigenvalue weighted by Gasteiger charge is 2.17. The third-order valence-corrected chi connectivity index (χ3v) is 13.3. The van der Waals surface area contributed by atoms with Gasteiger partial charge in [0.15, 0.2) is 0 Å². The molecule has 12 aromatic carbocycles. The molecule has 0 atom stereocenters. The number of hydrogen-bond donors (Lipinski definition) is 0. The number of hydrogen-bond acceptors (Lipinski definition) is 0. The molecule has 0 spiro atoms. The summed E-state index contributed by atoms with van der Waals surface area (Å²) in [5, 5.41) is 10.0. The Morgan fingerprint density at radius 3 is 1.15 bits per heavy atom. The van der Waals surface area contributed by atoms with E-state index in [-0.39, 0.29) is 0 Å². The van der Waals surface area contributed by atoms with Gasteiger partial charge in [0, 0.05) is 0 Å². The summed E-state index contributed by atoms with van der Waals surface area (Å²) in [5.74, 6) is 0. The summed E-state index contributed by atoms with van der Waals surface area (Å²) >= 11 is 0. The van der Waals surface area contributed by atoms with E-state index in [1.165, 1.54) is 115 Å². The smallest absolute Gasteiger partial charge is 0.00264 e. The highest BCUT2D eigenvalue weighted by Crippen LogP contribution is 2.44. The molecule has 0 nitrogen and oxygen atoms in total. The van der Waals surface area contributed by atoms with Gasteiger partial charge in [-0.05, 0) is 139 Å². The zero-order valence-electron chi connectivity index (χ0n) is 36.4. The predicted molar refractivity (Wildman–Crippen MR) is 284 cm³/mol. The molecule has 0 aliphatic heterocycles. The third kappa shape index (κ3) is 7.16. The van der Waals surface area contributed by atoms with Crippen molar-refractivity contribution in [2.75, 3.05) is 0 Å². The van der Waals surface area contributed by atoms with E-state index in [1.807, 2.05) is 0 Å². The Morgan fingerprint density at radius 2 is 0.606 bits per heavy atom. The van der Waals surface area contributed by atoms with Gasteiger partial charge in [0.2, 0.25) is 0 Å². The van der Waals surface area contributed by atoms with E-state index in [0.717, 1.165) is 5.56 Å². The largest absolute Gasteiger partial charge is 0.0622 e. The highest BCUT2D eigenvalue weighted by molar-refractivity contribution is 6.21. The summed E-state index contributed by atoms with van der Waals surface area (Å²) in [4.78, 5) is 0. The molecule has 0 aliphatic rings. The van der Waals surface area contributed by atoms with Gasteiger partial charge < -0.3 is 0 Å². The van der Waals surface area contributed by atoms with E-state index in [1.54, 1.807) is 0 Å². The fourth-order valence-electron chi connectivity index (χ4n) is 10.1. The van der Waals surface area contributed by atoms with Crippen molar-refractivity contribution in [3.63, 3.8) is 0 Å². The first-order valence-electron chi connectivity index (χ1n) is 22.8. The van der Waals surface area contributed by atoms with Gasteiger partial charge in [-0.1, -0.05) is 249 Å². The minimum atomic E-state index is 1.16. The maximum absolute atomic E-state index is 2.32. The minimum Gasteiger partial charge on any atom is -0.0622 e. The predicted octanol–water partition coefficient (Wildman–Crippen LogP) is 18.5. The van der Waals surface area contributed by atoms with E-state index in [9.17, 15) is 0 Å². The van der Waals surface area contributed by atoms with Crippen molar-refractivity contribution in [2.24, 2.45) is 0 Å². The second-order valence-electron chi connectivity index (χ2n) is 17.2. The Hall–Kier alpha value is -8.58. The van der Waals surface area contributed by atoms with Crippen molar-refractivity contribution in [1.29, 1.82) is 0 Å². The summed E-state index contributed by atoms with van der Waals surface area (Å²) in [6.45, 7) is 0. The Kier molecular flexibility index (Phi) is 9.97. The molecule has 0 saturated carbocycles. The van der Waals surface area contributed by atoms with Gasteiger partial charge in [-0.15, -0.1) is 0 Å². The van der Waals surface area contributed by atoms with Crippen LogP contribution in [0.4, 0.5) is 0 Å². The quantitative estimate of drug-likeness (QED) is 0.106. The van der Waals surface area contributed by atoms with Crippen LogP contribution in [0.25, 0.3) is 122 Å². The molecule has 0 unspecified atom stereocenters. The van der Waals surface area contributed by atoms with E-state index >= 15 is 0 Å². The summed E-state index contributed by atoms with van der Waals surface area (Å²) in [7, 11) is 0. The van der Waals surface area contributed by atoms with Crippen LogP contribution in [0.5, 0.6) is 0 Å². The first kappa shape index (κ1) is 39.0. The number of fused-ring (bicyclic) bond motifs is 4. The molecule has 0 heterocycles. The second-order valence-corrected chi connectivity index (χ2v) is 17.2. The topological polar surface area (TPSA) is 0 Å². The van der Waals surface area contributed by atoms with Crippen LogP contribution in [0.15, 0.2) is 255 Å². The average molecular weight is 837 g/mol. The normalized spacial score (nSPS) is 11.6. The SMILES string of the molecule is C(=Cc1ccc(-c2cccc3ccccc23)c2ccccc12)c1ccc(-c2c3ccccc3c(-c3ccc(-c4cc(-c5ccccc5)cc(-c5ccccc5)c4)cc3)c3ccccc23)cc1. The van der Waals surface area contributed by atoms with E-state index in [0.29, 0.717) is 0 Å². The maximum atomic E-state index is 2.32. The molecule has 0 fully saturated rings. The Balaban J connectivity index is 0.893. The van der Waals surface area contributed by atoms with Crippen LogP contribution in [0.3, 0.4) is 0 Å².